The van der Waals surface area contributed by atoms with Crippen LogP contribution in [0.5, 0.6) is 5.75 Å². The third kappa shape index (κ3) is 4.05. The van der Waals surface area contributed by atoms with Gasteiger partial charge in [0.1, 0.15) is 23.2 Å². The molecule has 0 aliphatic carbocycles. The highest BCUT2D eigenvalue weighted by molar-refractivity contribution is 6.07. The molecule has 11 nitrogen and oxygen atoms in total. The third-order valence-corrected chi connectivity index (χ3v) is 11.2. The van der Waals surface area contributed by atoms with Crippen molar-refractivity contribution >= 4 is 28.4 Å². The number of nitrogens with zero attached hydrogens (tertiary/aromatic N) is 2. The first-order valence-electron chi connectivity index (χ1n) is 17.6. The van der Waals surface area contributed by atoms with Crippen LogP contribution in [0.1, 0.15) is 68.5 Å². The molecule has 0 fully saturated rings. The third-order valence-electron chi connectivity index (χ3n) is 11.2. The summed E-state index contributed by atoms with van der Waals surface area (Å²) < 4.78 is 20.5. The van der Waals surface area contributed by atoms with Gasteiger partial charge in [0.05, 0.1) is 6.20 Å². The molecule has 1 spiro atoms. The molecule has 10 rings (SSSR count). The Morgan fingerprint density at radius 1 is 1.02 bits per heavy atom. The number of hydrogen-bond donors (Lipinski definition) is 4. The van der Waals surface area contributed by atoms with Crippen molar-refractivity contribution in [3.05, 3.63) is 95.3 Å². The summed E-state index contributed by atoms with van der Waals surface area (Å²) in [7, 11) is 0. The van der Waals surface area contributed by atoms with Crippen LogP contribution in [-0.2, 0) is 21.4 Å². The number of anilines is 1. The van der Waals surface area contributed by atoms with E-state index in [1.807, 2.05) is 46.0 Å². The van der Waals surface area contributed by atoms with Crippen LogP contribution in [0.4, 0.5) is 5.69 Å². The van der Waals surface area contributed by atoms with Crippen LogP contribution >= 0.6 is 0 Å². The largest absolute Gasteiger partial charge is 0.469 e. The Morgan fingerprint density at radius 3 is 2.71 bits per heavy atom. The minimum atomic E-state index is -1.01. The van der Waals surface area contributed by atoms with Gasteiger partial charge in [0.15, 0.2) is 23.4 Å². The van der Waals surface area contributed by atoms with E-state index < -0.39 is 23.7 Å². The van der Waals surface area contributed by atoms with Gasteiger partial charge in [-0.2, -0.15) is 0 Å². The topological polar surface area (TPSA) is 147 Å². The lowest BCUT2D eigenvalue weighted by Gasteiger charge is -2.29. The number of nitrogens with one attached hydrogen (secondary N) is 4. The fourth-order valence-corrected chi connectivity index (χ4v) is 8.36. The highest BCUT2D eigenvalue weighted by atomic mass is 16.5. The van der Waals surface area contributed by atoms with E-state index in [4.69, 9.17) is 23.5 Å². The van der Waals surface area contributed by atoms with Crippen LogP contribution in [0, 0.1) is 11.8 Å². The van der Waals surface area contributed by atoms with Gasteiger partial charge in [-0.3, -0.25) is 9.59 Å². The Morgan fingerprint density at radius 2 is 1.86 bits per heavy atom. The van der Waals surface area contributed by atoms with Crippen molar-refractivity contribution in [2.75, 3.05) is 5.32 Å². The van der Waals surface area contributed by atoms with Crippen LogP contribution in [-0.4, -0.2) is 39.0 Å². The average molecular weight is 681 g/mol. The fourth-order valence-electron chi connectivity index (χ4n) is 8.36. The van der Waals surface area contributed by atoms with E-state index >= 15 is 0 Å². The second-order valence-corrected chi connectivity index (χ2v) is 14.5. The SMILES string of the molecule is CC[C@H](C)C(=O)N[C@H]1Cc2ccc3c(c2)[C@]24c5cccc(c5NC2O3)-c2cccc3[nH]cc(c23)-c2cnc(o2)-c2nc(oc24)[C@H](C(C)C)NC1=O. The molecule has 0 saturated heterocycles. The zero-order valence-electron chi connectivity index (χ0n) is 28.6. The van der Waals surface area contributed by atoms with E-state index in [2.05, 4.69) is 63.4 Å². The van der Waals surface area contributed by atoms with E-state index in [9.17, 15) is 9.59 Å². The Labute approximate surface area is 293 Å². The van der Waals surface area contributed by atoms with E-state index in [0.29, 0.717) is 41.2 Å². The van der Waals surface area contributed by atoms with Crippen molar-refractivity contribution in [1.29, 1.82) is 0 Å². The van der Waals surface area contributed by atoms with E-state index in [1.54, 1.807) is 6.20 Å². The number of carbonyl (C=O) groups excluding carboxylic acids is 2. The minimum absolute atomic E-state index is 0.117. The maximum atomic E-state index is 14.1. The summed E-state index contributed by atoms with van der Waals surface area (Å²) in [4.78, 5) is 40.7. The summed E-state index contributed by atoms with van der Waals surface area (Å²) in [5.74, 6) is 1.57. The predicted molar refractivity (Wildman–Crippen MR) is 190 cm³/mol. The molecule has 3 aromatic carbocycles. The van der Waals surface area contributed by atoms with Crippen molar-refractivity contribution < 1.29 is 23.2 Å². The minimum Gasteiger partial charge on any atom is -0.469 e. The van der Waals surface area contributed by atoms with Gasteiger partial charge in [0, 0.05) is 57.4 Å². The molecule has 10 bridgehead atoms. The first-order valence-corrected chi connectivity index (χ1v) is 17.6. The van der Waals surface area contributed by atoms with E-state index in [-0.39, 0.29) is 30.1 Å². The number of aromatic nitrogens is 3. The van der Waals surface area contributed by atoms with Crippen LogP contribution in [0.3, 0.4) is 0 Å². The molecule has 4 N–H and O–H groups in total. The molecule has 3 aromatic heterocycles. The fraction of sp³-hybridized carbons (Fsp3) is 0.300. The maximum Gasteiger partial charge on any atom is 0.249 e. The maximum absolute atomic E-state index is 14.1. The smallest absolute Gasteiger partial charge is 0.249 e. The van der Waals surface area contributed by atoms with Gasteiger partial charge in [-0.05, 0) is 35.6 Å². The zero-order chi connectivity index (χ0) is 34.8. The quantitative estimate of drug-likeness (QED) is 0.158. The zero-order valence-corrected chi connectivity index (χ0v) is 28.6. The lowest BCUT2D eigenvalue weighted by atomic mass is 9.72. The molecular weight excluding hydrogens is 644 g/mol. The number of H-pyrrole nitrogens is 1. The molecule has 5 atom stereocenters. The van der Waals surface area contributed by atoms with Crippen LogP contribution in [0.15, 0.2) is 75.8 Å². The first-order chi connectivity index (χ1) is 24.8. The van der Waals surface area contributed by atoms with Crippen molar-refractivity contribution in [3.63, 3.8) is 0 Å². The number of aromatic amines is 1. The number of fused-ring (bicyclic) bond motifs is 7. The lowest BCUT2D eigenvalue weighted by Crippen LogP contribution is -2.50. The number of benzene rings is 3. The molecule has 4 aliphatic rings. The summed E-state index contributed by atoms with van der Waals surface area (Å²) in [6.07, 6.45) is 4.02. The van der Waals surface area contributed by atoms with Gasteiger partial charge in [0.2, 0.25) is 23.6 Å². The molecule has 256 valence electrons. The number of amides is 2. The van der Waals surface area contributed by atoms with E-state index in [1.165, 1.54) is 0 Å². The van der Waals surface area contributed by atoms with Crippen molar-refractivity contribution in [2.45, 2.75) is 64.3 Å². The molecule has 51 heavy (non-hydrogen) atoms. The molecule has 6 aromatic rings. The predicted octanol–water partition coefficient (Wildman–Crippen LogP) is 6.84. The molecular formula is C40H36N6O5. The molecule has 1 unspecified atom stereocenters. The molecule has 2 amide bonds. The Hall–Kier alpha value is -5.84. The molecule has 11 heteroatoms. The Kier molecular flexibility index (Phi) is 6.23. The normalized spacial score (nSPS) is 22.7. The van der Waals surface area contributed by atoms with Crippen LogP contribution in [0.2, 0.25) is 0 Å². The van der Waals surface area contributed by atoms with Crippen molar-refractivity contribution in [1.82, 2.24) is 25.6 Å². The summed E-state index contributed by atoms with van der Waals surface area (Å²) in [5, 5.41) is 11.0. The van der Waals surface area contributed by atoms with E-state index in [0.717, 1.165) is 50.0 Å². The monoisotopic (exact) mass is 680 g/mol. The number of oxazole rings is 2. The molecule has 7 heterocycles. The van der Waals surface area contributed by atoms with Gasteiger partial charge in [-0.25, -0.2) is 9.97 Å². The average Bonchev–Trinajstić information content (AvgIpc) is 3.95. The Balaban J connectivity index is 1.29. The van der Waals surface area contributed by atoms with Gasteiger partial charge in [0.25, 0.3) is 0 Å². The summed E-state index contributed by atoms with van der Waals surface area (Å²) in [6, 6.07) is 17.1. The highest BCUT2D eigenvalue weighted by Gasteiger charge is 2.61. The number of hydrogen-bond acceptors (Lipinski definition) is 8. The van der Waals surface area contributed by atoms with Crippen LogP contribution < -0.4 is 20.7 Å². The summed E-state index contributed by atoms with van der Waals surface area (Å²) in [6.45, 7) is 7.84. The van der Waals surface area contributed by atoms with Crippen molar-refractivity contribution in [2.24, 2.45) is 11.8 Å². The second-order valence-electron chi connectivity index (χ2n) is 14.5. The molecule has 0 saturated carbocycles. The van der Waals surface area contributed by atoms with Gasteiger partial charge < -0.3 is 34.5 Å². The number of carbonyl (C=O) groups is 2. The summed E-state index contributed by atoms with van der Waals surface area (Å²) in [5.41, 5.74) is 6.97. The van der Waals surface area contributed by atoms with Gasteiger partial charge in [-0.15, -0.1) is 0 Å². The van der Waals surface area contributed by atoms with Gasteiger partial charge in [-0.1, -0.05) is 70.2 Å². The number of ether oxygens (including phenoxy) is 1. The molecule has 0 radical (unpaired) electrons. The van der Waals surface area contributed by atoms with Gasteiger partial charge >= 0.3 is 0 Å². The number of rotatable bonds is 4. The number of para-hydroxylation sites is 1. The standard InChI is InChI=1S/C40H36N6O5/c1-5-19(4)35(47)43-27-15-20-12-13-28-25(14-20)40-24-10-6-9-22(32(24)46-39(40)50-28)21-8-7-11-26-30(21)23(16-41-26)29-17-42-37(49-29)33-34(40)51-38(45-33)31(18(2)3)44-36(27)48/h6-14,16-19,27,31,39,41,46H,5,15H2,1-4H3,(H,43,47)(H,44,48)/t19-,27-,31-,39?,40-/m0/s1. The first kappa shape index (κ1) is 30.0. The second kappa shape index (κ2) is 10.6. The van der Waals surface area contributed by atoms with Crippen molar-refractivity contribution in [3.8, 4) is 39.8 Å². The highest BCUT2D eigenvalue weighted by Crippen LogP contribution is 2.61. The molecule has 4 aliphatic heterocycles. The Bertz CT molecular complexity index is 2440. The van der Waals surface area contributed by atoms with Crippen LogP contribution in [0.25, 0.3) is 44.9 Å². The summed E-state index contributed by atoms with van der Waals surface area (Å²) >= 11 is 0. The lowest BCUT2D eigenvalue weighted by molar-refractivity contribution is -0.131.